The molecule has 0 bridgehead atoms. The predicted molar refractivity (Wildman–Crippen MR) is 118 cm³/mol. The van der Waals surface area contributed by atoms with Gasteiger partial charge in [0, 0.05) is 50.5 Å². The number of benzene rings is 1. The Kier molecular flexibility index (Phi) is 6.32. The molecule has 3 heterocycles. The second kappa shape index (κ2) is 9.13. The van der Waals surface area contributed by atoms with Gasteiger partial charge in [0.15, 0.2) is 0 Å². The van der Waals surface area contributed by atoms with Gasteiger partial charge in [-0.2, -0.15) is 0 Å². The van der Waals surface area contributed by atoms with Crippen LogP contribution in [0.15, 0.2) is 24.3 Å². The third-order valence-corrected chi connectivity index (χ3v) is 6.19. The summed E-state index contributed by atoms with van der Waals surface area (Å²) in [7, 11) is 0. The summed E-state index contributed by atoms with van der Waals surface area (Å²) in [5, 5.41) is 0. The average Bonchev–Trinajstić information content (AvgIpc) is 3.30. The zero-order valence-corrected chi connectivity index (χ0v) is 18.4. The second-order valence-electron chi connectivity index (χ2n) is 8.41. The number of hydrogen-bond acceptors (Lipinski definition) is 5. The lowest BCUT2D eigenvalue weighted by Gasteiger charge is -2.37. The molecule has 1 aromatic carbocycles. The lowest BCUT2D eigenvalue weighted by Crippen LogP contribution is -2.51. The van der Waals surface area contributed by atoms with E-state index in [-0.39, 0.29) is 11.8 Å². The fourth-order valence-corrected chi connectivity index (χ4v) is 4.41. The molecule has 6 heteroatoms. The molecule has 0 saturated carbocycles. The van der Waals surface area contributed by atoms with Gasteiger partial charge in [0.2, 0.25) is 5.91 Å². The fourth-order valence-electron chi connectivity index (χ4n) is 4.41. The van der Waals surface area contributed by atoms with E-state index in [1.54, 1.807) is 0 Å². The van der Waals surface area contributed by atoms with Crippen molar-refractivity contribution in [1.82, 2.24) is 14.9 Å². The molecule has 30 heavy (non-hydrogen) atoms. The Morgan fingerprint density at radius 2 is 1.83 bits per heavy atom. The summed E-state index contributed by atoms with van der Waals surface area (Å²) in [5.41, 5.74) is 4.89. The maximum atomic E-state index is 12.7. The minimum absolute atomic E-state index is 0.0432. The highest BCUT2D eigenvalue weighted by molar-refractivity contribution is 5.79. The minimum Gasteiger partial charge on any atom is -0.381 e. The van der Waals surface area contributed by atoms with E-state index in [4.69, 9.17) is 14.7 Å². The summed E-state index contributed by atoms with van der Waals surface area (Å²) in [5.74, 6) is 2.15. The molecular formula is C24H32N4O2. The Balaban J connectivity index is 1.54. The van der Waals surface area contributed by atoms with E-state index >= 15 is 0 Å². The van der Waals surface area contributed by atoms with Crippen molar-refractivity contribution in [3.8, 4) is 0 Å². The van der Waals surface area contributed by atoms with Crippen molar-refractivity contribution >= 4 is 11.7 Å². The molecule has 6 nitrogen and oxygen atoms in total. The van der Waals surface area contributed by atoms with E-state index in [0.717, 1.165) is 62.8 Å². The molecule has 0 spiro atoms. The number of hydrogen-bond donors (Lipinski definition) is 0. The third kappa shape index (κ3) is 4.48. The first-order valence-electron chi connectivity index (χ1n) is 11.1. The van der Waals surface area contributed by atoms with Gasteiger partial charge in [0.1, 0.15) is 11.6 Å². The van der Waals surface area contributed by atoms with Crippen LogP contribution in [0.4, 0.5) is 5.82 Å². The maximum absolute atomic E-state index is 12.7. The van der Waals surface area contributed by atoms with Crippen LogP contribution in [0.3, 0.4) is 0 Å². The van der Waals surface area contributed by atoms with Crippen LogP contribution in [-0.2, 0) is 22.4 Å². The van der Waals surface area contributed by atoms with Gasteiger partial charge in [-0.15, -0.1) is 0 Å². The van der Waals surface area contributed by atoms with Crippen LogP contribution in [0.25, 0.3) is 0 Å². The van der Waals surface area contributed by atoms with Crippen molar-refractivity contribution in [3.05, 3.63) is 52.5 Å². The lowest BCUT2D eigenvalue weighted by molar-refractivity contribution is -0.135. The van der Waals surface area contributed by atoms with Gasteiger partial charge in [0.25, 0.3) is 0 Å². The molecular weight excluding hydrogens is 376 g/mol. The lowest BCUT2D eigenvalue weighted by atomic mass is 10.0. The number of nitrogens with zero attached hydrogens (tertiary/aromatic N) is 4. The van der Waals surface area contributed by atoms with E-state index in [1.807, 2.05) is 11.8 Å². The fraction of sp³-hybridized carbons (Fsp3) is 0.542. The number of aromatic nitrogens is 2. The summed E-state index contributed by atoms with van der Waals surface area (Å²) in [4.78, 5) is 26.7. The number of amides is 1. The standard InChI is InChI=1S/C24H32N4O2/c1-4-22-21(15-19-7-5-17(2)6-8-19)23(26-18(3)25-22)27-10-12-28(13-11-27)24(29)20-9-14-30-16-20/h5-8,20H,4,9-16H2,1-3H3. The quantitative estimate of drug-likeness (QED) is 0.761. The maximum Gasteiger partial charge on any atom is 0.228 e. The Hall–Kier alpha value is -2.47. The molecule has 2 aliphatic rings. The molecule has 1 unspecified atom stereocenters. The Labute approximate surface area is 179 Å². The molecule has 2 saturated heterocycles. The smallest absolute Gasteiger partial charge is 0.228 e. The first-order chi connectivity index (χ1) is 14.5. The molecule has 4 rings (SSSR count). The molecule has 0 N–H and O–H groups in total. The number of piperazine rings is 1. The zero-order chi connectivity index (χ0) is 21.1. The number of aryl methyl sites for hydroxylation is 3. The minimum atomic E-state index is 0.0432. The van der Waals surface area contributed by atoms with Crippen molar-refractivity contribution < 1.29 is 9.53 Å². The van der Waals surface area contributed by atoms with Gasteiger partial charge < -0.3 is 14.5 Å². The molecule has 0 radical (unpaired) electrons. The average molecular weight is 409 g/mol. The molecule has 1 atom stereocenters. The summed E-state index contributed by atoms with van der Waals surface area (Å²) in [6, 6.07) is 8.71. The van der Waals surface area contributed by atoms with Gasteiger partial charge in [0.05, 0.1) is 12.5 Å². The van der Waals surface area contributed by atoms with Crippen LogP contribution in [0, 0.1) is 19.8 Å². The van der Waals surface area contributed by atoms with Crippen molar-refractivity contribution in [2.75, 3.05) is 44.3 Å². The molecule has 1 aromatic heterocycles. The Morgan fingerprint density at radius 1 is 1.10 bits per heavy atom. The van der Waals surface area contributed by atoms with Crippen molar-refractivity contribution in [2.24, 2.45) is 5.92 Å². The summed E-state index contributed by atoms with van der Waals surface area (Å²) in [6.45, 7) is 10.6. The highest BCUT2D eigenvalue weighted by Gasteiger charge is 2.31. The van der Waals surface area contributed by atoms with E-state index in [1.165, 1.54) is 16.7 Å². The summed E-state index contributed by atoms with van der Waals surface area (Å²) < 4.78 is 5.40. The van der Waals surface area contributed by atoms with Crippen molar-refractivity contribution in [1.29, 1.82) is 0 Å². The second-order valence-corrected chi connectivity index (χ2v) is 8.41. The highest BCUT2D eigenvalue weighted by atomic mass is 16.5. The topological polar surface area (TPSA) is 58.6 Å². The number of carbonyl (C=O) groups excluding carboxylic acids is 1. The molecule has 160 valence electrons. The van der Waals surface area contributed by atoms with Crippen LogP contribution in [0.2, 0.25) is 0 Å². The van der Waals surface area contributed by atoms with E-state index in [0.29, 0.717) is 13.2 Å². The monoisotopic (exact) mass is 408 g/mol. The molecule has 0 aliphatic carbocycles. The van der Waals surface area contributed by atoms with E-state index < -0.39 is 0 Å². The molecule has 2 fully saturated rings. The summed E-state index contributed by atoms with van der Waals surface area (Å²) in [6.07, 6.45) is 2.57. The Bertz CT molecular complexity index is 883. The van der Waals surface area contributed by atoms with Crippen LogP contribution >= 0.6 is 0 Å². The van der Waals surface area contributed by atoms with Gasteiger partial charge in [-0.05, 0) is 32.3 Å². The van der Waals surface area contributed by atoms with Crippen molar-refractivity contribution in [2.45, 2.75) is 40.0 Å². The zero-order valence-electron chi connectivity index (χ0n) is 18.4. The van der Waals surface area contributed by atoms with Crippen LogP contribution < -0.4 is 4.90 Å². The Morgan fingerprint density at radius 3 is 2.47 bits per heavy atom. The molecule has 1 amide bonds. The van der Waals surface area contributed by atoms with Gasteiger partial charge >= 0.3 is 0 Å². The number of carbonyl (C=O) groups is 1. The van der Waals surface area contributed by atoms with Crippen LogP contribution in [-0.4, -0.2) is 60.2 Å². The number of ether oxygens (including phenoxy) is 1. The first kappa shape index (κ1) is 20.8. The van der Waals surface area contributed by atoms with Crippen LogP contribution in [0.1, 0.15) is 41.6 Å². The normalized spacial score (nSPS) is 19.4. The van der Waals surface area contributed by atoms with E-state index in [9.17, 15) is 4.79 Å². The number of rotatable bonds is 5. The summed E-state index contributed by atoms with van der Waals surface area (Å²) >= 11 is 0. The molecule has 2 aliphatic heterocycles. The first-order valence-corrected chi connectivity index (χ1v) is 11.1. The highest BCUT2D eigenvalue weighted by Crippen LogP contribution is 2.27. The number of anilines is 1. The molecule has 2 aromatic rings. The largest absolute Gasteiger partial charge is 0.381 e. The van der Waals surface area contributed by atoms with Gasteiger partial charge in [-0.1, -0.05) is 36.8 Å². The van der Waals surface area contributed by atoms with Crippen molar-refractivity contribution in [3.63, 3.8) is 0 Å². The van der Waals surface area contributed by atoms with E-state index in [2.05, 4.69) is 43.0 Å². The van der Waals surface area contributed by atoms with Crippen LogP contribution in [0.5, 0.6) is 0 Å². The third-order valence-electron chi connectivity index (χ3n) is 6.19. The predicted octanol–water partition coefficient (Wildman–Crippen LogP) is 2.93. The van der Waals surface area contributed by atoms with Gasteiger partial charge in [-0.25, -0.2) is 9.97 Å². The van der Waals surface area contributed by atoms with Gasteiger partial charge in [-0.3, -0.25) is 4.79 Å². The SMILES string of the molecule is CCc1nc(C)nc(N2CCN(C(=O)C3CCOC3)CC2)c1Cc1ccc(C)cc1.